The molecule has 0 spiro atoms. The largest absolute Gasteiger partial charge is 0.339 e. The first-order valence-electron chi connectivity index (χ1n) is 8.73. The highest BCUT2D eigenvalue weighted by molar-refractivity contribution is 5.90. The van der Waals surface area contributed by atoms with Crippen LogP contribution in [-0.4, -0.2) is 87.0 Å². The van der Waals surface area contributed by atoms with Crippen molar-refractivity contribution in [1.29, 1.82) is 0 Å². The van der Waals surface area contributed by atoms with E-state index in [4.69, 9.17) is 0 Å². The molecule has 0 radical (unpaired) electrons. The van der Waals surface area contributed by atoms with E-state index < -0.39 is 0 Å². The van der Waals surface area contributed by atoms with E-state index in [0.717, 1.165) is 25.9 Å². The Labute approximate surface area is 142 Å². The van der Waals surface area contributed by atoms with E-state index in [1.54, 1.807) is 4.90 Å². The average Bonchev–Trinajstić information content (AvgIpc) is 3.15. The molecule has 3 heterocycles. The fourth-order valence-corrected chi connectivity index (χ4v) is 3.52. The number of piperidine rings is 1. The zero-order chi connectivity index (χ0) is 17.1. The molecule has 0 bridgehead atoms. The maximum absolute atomic E-state index is 12.8. The van der Waals surface area contributed by atoms with Crippen molar-refractivity contribution in [3.8, 4) is 0 Å². The quantitative estimate of drug-likeness (QED) is 0.854. The molecule has 2 aliphatic rings. The number of aromatic nitrogens is 3. The van der Waals surface area contributed by atoms with Crippen LogP contribution in [0.5, 0.6) is 0 Å². The summed E-state index contributed by atoms with van der Waals surface area (Å²) in [5, 5.41) is 6.31. The van der Waals surface area contributed by atoms with Crippen molar-refractivity contribution < 1.29 is 9.59 Å². The van der Waals surface area contributed by atoms with Gasteiger partial charge >= 0.3 is 0 Å². The van der Waals surface area contributed by atoms with Crippen LogP contribution < -0.4 is 0 Å². The van der Waals surface area contributed by atoms with Crippen LogP contribution >= 0.6 is 0 Å². The minimum Gasteiger partial charge on any atom is -0.339 e. The smallest absolute Gasteiger partial charge is 0.291 e. The third-order valence-corrected chi connectivity index (χ3v) is 5.03. The number of carbonyl (C=O) groups is 2. The van der Waals surface area contributed by atoms with E-state index >= 15 is 0 Å². The van der Waals surface area contributed by atoms with Crippen molar-refractivity contribution in [3.05, 3.63) is 12.2 Å². The Bertz CT molecular complexity index is 565. The van der Waals surface area contributed by atoms with Gasteiger partial charge < -0.3 is 14.7 Å². The summed E-state index contributed by atoms with van der Waals surface area (Å²) in [6, 6.07) is 0.483. The summed E-state index contributed by atoms with van der Waals surface area (Å²) in [7, 11) is 0. The highest BCUT2D eigenvalue weighted by Crippen LogP contribution is 2.21. The summed E-state index contributed by atoms with van der Waals surface area (Å²) in [5.41, 5.74) is 0. The molecule has 8 nitrogen and oxygen atoms in total. The first kappa shape index (κ1) is 16.9. The van der Waals surface area contributed by atoms with Gasteiger partial charge in [-0.25, -0.2) is 4.98 Å². The van der Waals surface area contributed by atoms with Gasteiger partial charge in [0.1, 0.15) is 6.33 Å². The fraction of sp³-hybridized carbons (Fsp3) is 0.750. The lowest BCUT2D eigenvalue weighted by Crippen LogP contribution is -2.54. The summed E-state index contributed by atoms with van der Waals surface area (Å²) in [6.45, 7) is 8.58. The molecule has 1 atom stereocenters. The Kier molecular flexibility index (Phi) is 5.13. The summed E-state index contributed by atoms with van der Waals surface area (Å²) in [6.07, 6.45) is 3.38. The number of nitrogens with one attached hydrogen (secondary N) is 1. The molecule has 8 heteroatoms. The van der Waals surface area contributed by atoms with E-state index in [2.05, 4.69) is 33.9 Å². The fourth-order valence-electron chi connectivity index (χ4n) is 3.52. The number of aromatic amines is 1. The number of hydrogen-bond acceptors (Lipinski definition) is 5. The van der Waals surface area contributed by atoms with Crippen molar-refractivity contribution >= 4 is 11.8 Å². The predicted octanol–water partition coefficient (Wildman–Crippen LogP) is 0.210. The van der Waals surface area contributed by atoms with Crippen molar-refractivity contribution in [3.63, 3.8) is 0 Å². The number of amides is 2. The minimum absolute atomic E-state index is 0.0951. The van der Waals surface area contributed by atoms with Gasteiger partial charge in [0.05, 0.1) is 5.92 Å². The highest BCUT2D eigenvalue weighted by Gasteiger charge is 2.32. The maximum atomic E-state index is 12.8. The highest BCUT2D eigenvalue weighted by atomic mass is 16.2. The van der Waals surface area contributed by atoms with Crippen LogP contribution in [0.25, 0.3) is 0 Å². The van der Waals surface area contributed by atoms with Gasteiger partial charge in [0.15, 0.2) is 0 Å². The summed E-state index contributed by atoms with van der Waals surface area (Å²) >= 11 is 0. The van der Waals surface area contributed by atoms with Crippen molar-refractivity contribution in [2.24, 2.45) is 5.92 Å². The van der Waals surface area contributed by atoms with Crippen molar-refractivity contribution in [2.45, 2.75) is 32.7 Å². The van der Waals surface area contributed by atoms with E-state index in [0.29, 0.717) is 32.2 Å². The number of hydrogen-bond donors (Lipinski definition) is 1. The van der Waals surface area contributed by atoms with E-state index in [-0.39, 0.29) is 23.6 Å². The number of nitrogens with zero attached hydrogens (tertiary/aromatic N) is 5. The van der Waals surface area contributed by atoms with Crippen LogP contribution in [0, 0.1) is 5.92 Å². The monoisotopic (exact) mass is 334 g/mol. The molecule has 0 unspecified atom stereocenters. The van der Waals surface area contributed by atoms with Gasteiger partial charge in [-0.1, -0.05) is 0 Å². The van der Waals surface area contributed by atoms with Crippen LogP contribution in [0.2, 0.25) is 0 Å². The molecule has 24 heavy (non-hydrogen) atoms. The van der Waals surface area contributed by atoms with Crippen molar-refractivity contribution in [2.75, 3.05) is 39.3 Å². The molecule has 0 aliphatic carbocycles. The number of likely N-dealkylation sites (tertiary alicyclic amines) is 1. The molecule has 0 saturated carbocycles. The molecule has 1 N–H and O–H groups in total. The van der Waals surface area contributed by atoms with Crippen LogP contribution in [0.4, 0.5) is 0 Å². The van der Waals surface area contributed by atoms with E-state index in [1.807, 2.05) is 4.90 Å². The van der Waals surface area contributed by atoms with Crippen LogP contribution in [0.15, 0.2) is 6.33 Å². The maximum Gasteiger partial charge on any atom is 0.291 e. The second-order valence-electron chi connectivity index (χ2n) is 6.88. The lowest BCUT2D eigenvalue weighted by atomic mass is 9.95. The van der Waals surface area contributed by atoms with Gasteiger partial charge in [0, 0.05) is 38.8 Å². The van der Waals surface area contributed by atoms with Crippen LogP contribution in [0.3, 0.4) is 0 Å². The van der Waals surface area contributed by atoms with E-state index in [1.165, 1.54) is 6.33 Å². The molecule has 1 aromatic heterocycles. The van der Waals surface area contributed by atoms with Gasteiger partial charge in [-0.15, -0.1) is 0 Å². The number of rotatable bonds is 3. The normalized spacial score (nSPS) is 22.9. The molecule has 2 aliphatic heterocycles. The molecule has 3 rings (SSSR count). The lowest BCUT2D eigenvalue weighted by Gasteiger charge is -2.39. The third kappa shape index (κ3) is 3.58. The minimum atomic E-state index is -0.150. The molecule has 2 amide bonds. The van der Waals surface area contributed by atoms with E-state index in [9.17, 15) is 9.59 Å². The summed E-state index contributed by atoms with van der Waals surface area (Å²) in [4.78, 5) is 35.0. The first-order chi connectivity index (χ1) is 11.6. The molecular weight excluding hydrogens is 308 g/mol. The Morgan fingerprint density at radius 2 is 1.88 bits per heavy atom. The number of H-pyrrole nitrogens is 1. The summed E-state index contributed by atoms with van der Waals surface area (Å²) < 4.78 is 0. The molecular formula is C16H26N6O2. The molecule has 2 fully saturated rings. The van der Waals surface area contributed by atoms with Gasteiger partial charge in [0.2, 0.25) is 11.7 Å². The Balaban J connectivity index is 1.52. The second kappa shape index (κ2) is 7.29. The SMILES string of the molecule is CC(C)N1CCC[C@H](C(=O)N2CCN(C(=O)c3ncn[nH]3)CC2)C1. The second-order valence-corrected chi connectivity index (χ2v) is 6.88. The van der Waals surface area contributed by atoms with Gasteiger partial charge in [-0.2, -0.15) is 5.10 Å². The Hall–Kier alpha value is -1.96. The molecule has 1 aromatic rings. The standard InChI is InChI=1S/C16H26N6O2/c1-12(2)22-5-3-4-13(10-22)15(23)20-6-8-21(9-7-20)16(24)14-17-11-18-19-14/h11-13H,3-10H2,1-2H3,(H,17,18,19)/t13-/m0/s1. The topological polar surface area (TPSA) is 85.4 Å². The zero-order valence-electron chi connectivity index (χ0n) is 14.4. The number of carbonyl (C=O) groups excluding carboxylic acids is 2. The van der Waals surface area contributed by atoms with Gasteiger partial charge in [-0.3, -0.25) is 14.7 Å². The molecule has 0 aromatic carbocycles. The first-order valence-corrected chi connectivity index (χ1v) is 8.73. The number of piperazine rings is 1. The van der Waals surface area contributed by atoms with Gasteiger partial charge in [-0.05, 0) is 33.2 Å². The van der Waals surface area contributed by atoms with Crippen molar-refractivity contribution in [1.82, 2.24) is 29.9 Å². The lowest BCUT2D eigenvalue weighted by molar-refractivity contribution is -0.139. The Morgan fingerprint density at radius 1 is 1.17 bits per heavy atom. The summed E-state index contributed by atoms with van der Waals surface area (Å²) in [5.74, 6) is 0.447. The average molecular weight is 334 g/mol. The van der Waals surface area contributed by atoms with Crippen LogP contribution in [-0.2, 0) is 4.79 Å². The molecule has 132 valence electrons. The third-order valence-electron chi connectivity index (χ3n) is 5.03. The van der Waals surface area contributed by atoms with Crippen LogP contribution in [0.1, 0.15) is 37.3 Å². The predicted molar refractivity (Wildman–Crippen MR) is 88.3 cm³/mol. The Morgan fingerprint density at radius 3 is 2.50 bits per heavy atom. The van der Waals surface area contributed by atoms with Gasteiger partial charge in [0.25, 0.3) is 5.91 Å². The molecule has 2 saturated heterocycles. The zero-order valence-corrected chi connectivity index (χ0v) is 14.4.